The number of rotatable bonds is 3. The zero-order valence-electron chi connectivity index (χ0n) is 11.6. The van der Waals surface area contributed by atoms with Gasteiger partial charge in [-0.15, -0.1) is 11.8 Å². The van der Waals surface area contributed by atoms with Crippen LogP contribution < -0.4 is 5.32 Å². The summed E-state index contributed by atoms with van der Waals surface area (Å²) in [7, 11) is 3.53. The summed E-state index contributed by atoms with van der Waals surface area (Å²) in [6.07, 6.45) is 5.20. The second-order valence-electron chi connectivity index (χ2n) is 4.17. The first-order valence-corrected chi connectivity index (χ1v) is 7.27. The van der Waals surface area contributed by atoms with E-state index < -0.39 is 0 Å². The Labute approximate surface area is 122 Å². The third kappa shape index (κ3) is 3.27. The van der Waals surface area contributed by atoms with E-state index in [9.17, 15) is 4.79 Å². The first-order chi connectivity index (χ1) is 9.63. The van der Waals surface area contributed by atoms with Gasteiger partial charge in [-0.1, -0.05) is 12.1 Å². The van der Waals surface area contributed by atoms with E-state index in [1.165, 1.54) is 0 Å². The van der Waals surface area contributed by atoms with Gasteiger partial charge in [-0.25, -0.2) is 0 Å². The SMILES string of the molecule is CN=C(SC)c1cccc(NC(=O)c2cnn(C)c2)c1. The maximum Gasteiger partial charge on any atom is 0.258 e. The molecular formula is C14H16N4OS. The van der Waals surface area contributed by atoms with Gasteiger partial charge in [0.15, 0.2) is 0 Å². The fourth-order valence-electron chi connectivity index (χ4n) is 1.81. The predicted octanol–water partition coefficient (Wildman–Crippen LogP) is 2.41. The van der Waals surface area contributed by atoms with Gasteiger partial charge in [0.2, 0.25) is 0 Å². The molecular weight excluding hydrogens is 272 g/mol. The molecule has 1 aromatic carbocycles. The summed E-state index contributed by atoms with van der Waals surface area (Å²) in [6, 6.07) is 7.63. The van der Waals surface area contributed by atoms with Crippen LogP contribution >= 0.6 is 11.8 Å². The smallest absolute Gasteiger partial charge is 0.258 e. The van der Waals surface area contributed by atoms with E-state index in [-0.39, 0.29) is 5.91 Å². The van der Waals surface area contributed by atoms with Crippen LogP contribution in [0.15, 0.2) is 41.7 Å². The highest BCUT2D eigenvalue weighted by Crippen LogP contribution is 2.16. The molecule has 1 N–H and O–H groups in total. The van der Waals surface area contributed by atoms with Crippen LogP contribution in [0.1, 0.15) is 15.9 Å². The highest BCUT2D eigenvalue weighted by molar-refractivity contribution is 8.13. The highest BCUT2D eigenvalue weighted by Gasteiger charge is 2.09. The van der Waals surface area contributed by atoms with Gasteiger partial charge < -0.3 is 5.32 Å². The lowest BCUT2D eigenvalue weighted by molar-refractivity contribution is 0.102. The Hall–Kier alpha value is -2.08. The molecule has 104 valence electrons. The zero-order chi connectivity index (χ0) is 14.5. The number of amides is 1. The molecule has 2 aromatic rings. The molecule has 2 rings (SSSR count). The van der Waals surface area contributed by atoms with E-state index in [2.05, 4.69) is 15.4 Å². The van der Waals surface area contributed by atoms with Gasteiger partial charge in [0.05, 0.1) is 16.8 Å². The molecule has 0 radical (unpaired) electrons. The van der Waals surface area contributed by atoms with E-state index >= 15 is 0 Å². The van der Waals surface area contributed by atoms with Crippen LogP contribution in [0.2, 0.25) is 0 Å². The Morgan fingerprint density at radius 1 is 1.40 bits per heavy atom. The van der Waals surface area contributed by atoms with Crippen LogP contribution in [-0.2, 0) is 7.05 Å². The minimum Gasteiger partial charge on any atom is -0.322 e. The van der Waals surface area contributed by atoms with E-state index in [1.54, 1.807) is 42.9 Å². The number of carbonyl (C=O) groups is 1. The average Bonchev–Trinajstić information content (AvgIpc) is 2.87. The lowest BCUT2D eigenvalue weighted by Crippen LogP contribution is -2.11. The van der Waals surface area contributed by atoms with Gasteiger partial charge in [0.1, 0.15) is 0 Å². The highest BCUT2D eigenvalue weighted by atomic mass is 32.2. The maximum absolute atomic E-state index is 12.0. The number of nitrogens with zero attached hydrogens (tertiary/aromatic N) is 3. The second-order valence-corrected chi connectivity index (χ2v) is 4.97. The molecule has 0 saturated carbocycles. The van der Waals surface area contributed by atoms with E-state index in [1.807, 2.05) is 30.5 Å². The number of carbonyl (C=O) groups excluding carboxylic acids is 1. The molecule has 0 aliphatic carbocycles. The molecule has 0 saturated heterocycles. The molecule has 20 heavy (non-hydrogen) atoms. The van der Waals surface area contributed by atoms with E-state index in [0.29, 0.717) is 5.56 Å². The Kier molecular flexibility index (Phi) is 4.57. The molecule has 0 unspecified atom stereocenters. The largest absolute Gasteiger partial charge is 0.322 e. The monoisotopic (exact) mass is 288 g/mol. The fourth-order valence-corrected chi connectivity index (χ4v) is 2.36. The van der Waals surface area contributed by atoms with Gasteiger partial charge in [-0.3, -0.25) is 14.5 Å². The van der Waals surface area contributed by atoms with Crippen LogP contribution in [0, 0.1) is 0 Å². The number of nitrogens with one attached hydrogen (secondary N) is 1. The normalized spacial score (nSPS) is 11.4. The first kappa shape index (κ1) is 14.3. The van der Waals surface area contributed by atoms with Crippen LogP contribution in [0.4, 0.5) is 5.69 Å². The Morgan fingerprint density at radius 2 is 2.20 bits per heavy atom. The van der Waals surface area contributed by atoms with Crippen LogP contribution in [-0.4, -0.2) is 34.0 Å². The predicted molar refractivity (Wildman–Crippen MR) is 83.6 cm³/mol. The van der Waals surface area contributed by atoms with Gasteiger partial charge in [0.25, 0.3) is 5.91 Å². The molecule has 0 fully saturated rings. The topological polar surface area (TPSA) is 59.3 Å². The first-order valence-electron chi connectivity index (χ1n) is 6.05. The summed E-state index contributed by atoms with van der Waals surface area (Å²) < 4.78 is 1.60. The standard InChI is InChI=1S/C14H16N4OS/c1-15-14(20-3)10-5-4-6-12(7-10)17-13(19)11-8-16-18(2)9-11/h4-9H,1-3H3,(H,17,19). The second kappa shape index (κ2) is 6.38. The molecule has 1 aromatic heterocycles. The van der Waals surface area contributed by atoms with Crippen LogP contribution in [0.5, 0.6) is 0 Å². The summed E-state index contributed by atoms with van der Waals surface area (Å²) in [5, 5.41) is 7.78. The van der Waals surface area contributed by atoms with Crippen molar-refractivity contribution in [2.45, 2.75) is 0 Å². The fraction of sp³-hybridized carbons (Fsp3) is 0.214. The van der Waals surface area contributed by atoms with Crippen molar-refractivity contribution in [2.24, 2.45) is 12.0 Å². The number of thioether (sulfide) groups is 1. The quantitative estimate of drug-likeness (QED) is 0.697. The Morgan fingerprint density at radius 3 is 2.80 bits per heavy atom. The lowest BCUT2D eigenvalue weighted by Gasteiger charge is -2.07. The molecule has 0 spiro atoms. The summed E-state index contributed by atoms with van der Waals surface area (Å²) in [4.78, 5) is 16.3. The van der Waals surface area contributed by atoms with Crippen molar-refractivity contribution in [3.8, 4) is 0 Å². The molecule has 6 heteroatoms. The van der Waals surface area contributed by atoms with Crippen LogP contribution in [0.3, 0.4) is 0 Å². The third-order valence-electron chi connectivity index (χ3n) is 2.73. The molecule has 0 aliphatic heterocycles. The van der Waals surface area contributed by atoms with E-state index in [0.717, 1.165) is 16.3 Å². The van der Waals surface area contributed by atoms with Crippen LogP contribution in [0.25, 0.3) is 0 Å². The van der Waals surface area contributed by atoms with Crippen molar-refractivity contribution < 1.29 is 4.79 Å². The maximum atomic E-state index is 12.0. The number of anilines is 1. The summed E-state index contributed by atoms with van der Waals surface area (Å²) in [5.41, 5.74) is 2.27. The summed E-state index contributed by atoms with van der Waals surface area (Å²) in [5.74, 6) is -0.172. The average molecular weight is 288 g/mol. The Balaban J connectivity index is 2.18. The number of benzene rings is 1. The lowest BCUT2D eigenvalue weighted by atomic mass is 10.2. The van der Waals surface area contributed by atoms with Gasteiger partial charge in [-0.2, -0.15) is 5.10 Å². The number of aromatic nitrogens is 2. The molecule has 0 aliphatic rings. The van der Waals surface area contributed by atoms with Gasteiger partial charge >= 0.3 is 0 Å². The van der Waals surface area contributed by atoms with Crippen molar-refractivity contribution in [1.82, 2.24) is 9.78 Å². The van der Waals surface area contributed by atoms with Crippen molar-refractivity contribution in [2.75, 3.05) is 18.6 Å². The van der Waals surface area contributed by atoms with Crippen molar-refractivity contribution in [3.05, 3.63) is 47.8 Å². The number of aliphatic imine (C=N–C) groups is 1. The molecule has 0 bridgehead atoms. The number of aryl methyl sites for hydroxylation is 1. The molecule has 5 nitrogen and oxygen atoms in total. The van der Waals surface area contributed by atoms with Crippen molar-refractivity contribution in [3.63, 3.8) is 0 Å². The molecule has 1 amide bonds. The van der Waals surface area contributed by atoms with Gasteiger partial charge in [0, 0.05) is 31.5 Å². The minimum atomic E-state index is -0.172. The zero-order valence-corrected chi connectivity index (χ0v) is 12.4. The minimum absolute atomic E-state index is 0.172. The van der Waals surface area contributed by atoms with Gasteiger partial charge in [-0.05, 0) is 18.4 Å². The van der Waals surface area contributed by atoms with E-state index in [4.69, 9.17) is 0 Å². The summed E-state index contributed by atoms with van der Waals surface area (Å²) in [6.45, 7) is 0. The third-order valence-corrected chi connectivity index (χ3v) is 3.54. The number of hydrogen-bond donors (Lipinski definition) is 1. The van der Waals surface area contributed by atoms with Crippen molar-refractivity contribution >= 4 is 28.4 Å². The Bertz CT molecular complexity index is 648. The van der Waals surface area contributed by atoms with Crippen molar-refractivity contribution in [1.29, 1.82) is 0 Å². The molecule has 1 heterocycles. The summed E-state index contributed by atoms with van der Waals surface area (Å²) >= 11 is 1.57. The molecule has 0 atom stereocenters. The number of hydrogen-bond acceptors (Lipinski definition) is 4.